The third kappa shape index (κ3) is 3.62. The summed E-state index contributed by atoms with van der Waals surface area (Å²) in [6.45, 7) is 8.55. The van der Waals surface area contributed by atoms with Crippen LogP contribution in [-0.2, 0) is 11.2 Å². The number of ether oxygens (including phenoxy) is 2. The molecule has 0 saturated heterocycles. The van der Waals surface area contributed by atoms with Gasteiger partial charge in [-0.3, -0.25) is 4.79 Å². The SMILES string of the molecule is CC1(C)COc2cc(CC(C)(C)C(=O)O)cc(Cl)c2OC1. The molecule has 0 aliphatic carbocycles. The van der Waals surface area contributed by atoms with Crippen molar-refractivity contribution in [3.8, 4) is 11.5 Å². The maximum atomic E-state index is 11.3. The van der Waals surface area contributed by atoms with Crippen LogP contribution in [0.1, 0.15) is 33.3 Å². The van der Waals surface area contributed by atoms with E-state index >= 15 is 0 Å². The lowest BCUT2D eigenvalue weighted by Gasteiger charge is -2.20. The number of carbonyl (C=O) groups is 1. The summed E-state index contributed by atoms with van der Waals surface area (Å²) in [4.78, 5) is 11.3. The van der Waals surface area contributed by atoms with Gasteiger partial charge in [0.15, 0.2) is 11.5 Å². The van der Waals surface area contributed by atoms with Crippen LogP contribution in [0.15, 0.2) is 12.1 Å². The normalized spacial score (nSPS) is 17.2. The zero-order chi connectivity index (χ0) is 15.8. The third-order valence-corrected chi connectivity index (χ3v) is 3.80. The van der Waals surface area contributed by atoms with Crippen molar-refractivity contribution in [2.24, 2.45) is 10.8 Å². The van der Waals surface area contributed by atoms with Gasteiger partial charge in [-0.25, -0.2) is 0 Å². The van der Waals surface area contributed by atoms with E-state index in [4.69, 9.17) is 21.1 Å². The number of hydrogen-bond donors (Lipinski definition) is 1. The summed E-state index contributed by atoms with van der Waals surface area (Å²) in [6, 6.07) is 3.58. The van der Waals surface area contributed by atoms with Gasteiger partial charge in [0.1, 0.15) is 0 Å². The molecule has 5 heteroatoms. The quantitative estimate of drug-likeness (QED) is 0.922. The minimum Gasteiger partial charge on any atom is -0.489 e. The number of benzene rings is 1. The molecule has 0 bridgehead atoms. The Morgan fingerprint density at radius 2 is 1.95 bits per heavy atom. The first-order valence-corrected chi connectivity index (χ1v) is 7.30. The summed E-state index contributed by atoms with van der Waals surface area (Å²) in [7, 11) is 0. The predicted molar refractivity (Wildman–Crippen MR) is 81.3 cm³/mol. The average Bonchev–Trinajstić information content (AvgIpc) is 2.48. The van der Waals surface area contributed by atoms with E-state index in [0.29, 0.717) is 36.2 Å². The molecular weight excluding hydrogens is 292 g/mol. The second-order valence-corrected chi connectivity index (χ2v) is 7.42. The zero-order valence-corrected chi connectivity index (χ0v) is 13.6. The molecule has 0 aromatic heterocycles. The number of halogens is 1. The van der Waals surface area contributed by atoms with Crippen molar-refractivity contribution >= 4 is 17.6 Å². The van der Waals surface area contributed by atoms with Gasteiger partial charge in [0.05, 0.1) is 23.7 Å². The molecule has 1 N–H and O–H groups in total. The Balaban J connectivity index is 2.32. The van der Waals surface area contributed by atoms with Crippen LogP contribution in [0.3, 0.4) is 0 Å². The van der Waals surface area contributed by atoms with E-state index in [0.717, 1.165) is 5.56 Å². The van der Waals surface area contributed by atoms with E-state index in [-0.39, 0.29) is 5.41 Å². The first kappa shape index (κ1) is 16.0. The Kier molecular flexibility index (Phi) is 4.11. The number of hydrogen-bond acceptors (Lipinski definition) is 3. The van der Waals surface area contributed by atoms with Crippen LogP contribution in [0.25, 0.3) is 0 Å². The zero-order valence-electron chi connectivity index (χ0n) is 12.8. The maximum absolute atomic E-state index is 11.3. The Morgan fingerprint density at radius 1 is 1.33 bits per heavy atom. The molecule has 0 atom stereocenters. The van der Waals surface area contributed by atoms with E-state index < -0.39 is 11.4 Å². The molecular formula is C16H21ClO4. The van der Waals surface area contributed by atoms with Crippen LogP contribution in [0.4, 0.5) is 0 Å². The van der Waals surface area contributed by atoms with Crippen molar-refractivity contribution in [2.45, 2.75) is 34.1 Å². The molecule has 0 amide bonds. The molecule has 4 nitrogen and oxygen atoms in total. The highest BCUT2D eigenvalue weighted by Crippen LogP contribution is 2.41. The Bertz CT molecular complexity index is 564. The van der Waals surface area contributed by atoms with Gasteiger partial charge in [-0.2, -0.15) is 0 Å². The highest BCUT2D eigenvalue weighted by Gasteiger charge is 2.30. The van der Waals surface area contributed by atoms with Crippen molar-refractivity contribution in [3.63, 3.8) is 0 Å². The van der Waals surface area contributed by atoms with Crippen LogP contribution in [0.2, 0.25) is 5.02 Å². The first-order valence-electron chi connectivity index (χ1n) is 6.92. The Hall–Kier alpha value is -1.42. The minimum atomic E-state index is -0.859. The highest BCUT2D eigenvalue weighted by atomic mass is 35.5. The molecule has 116 valence electrons. The number of carboxylic acids is 1. The van der Waals surface area contributed by atoms with Gasteiger partial charge in [-0.1, -0.05) is 25.4 Å². The van der Waals surface area contributed by atoms with Crippen molar-refractivity contribution in [1.82, 2.24) is 0 Å². The van der Waals surface area contributed by atoms with Gasteiger partial charge in [0.2, 0.25) is 0 Å². The molecule has 0 radical (unpaired) electrons. The number of aliphatic carboxylic acids is 1. The van der Waals surface area contributed by atoms with Crippen LogP contribution < -0.4 is 9.47 Å². The van der Waals surface area contributed by atoms with Crippen LogP contribution in [0, 0.1) is 10.8 Å². The first-order chi connectivity index (χ1) is 9.61. The lowest BCUT2D eigenvalue weighted by Crippen LogP contribution is -2.26. The highest BCUT2D eigenvalue weighted by molar-refractivity contribution is 6.32. The molecule has 1 aromatic rings. The molecule has 0 unspecified atom stereocenters. The number of carboxylic acid groups (broad SMARTS) is 1. The van der Waals surface area contributed by atoms with Crippen LogP contribution >= 0.6 is 11.6 Å². The van der Waals surface area contributed by atoms with Crippen molar-refractivity contribution in [3.05, 3.63) is 22.7 Å². The lowest BCUT2D eigenvalue weighted by atomic mass is 9.86. The molecule has 1 heterocycles. The van der Waals surface area contributed by atoms with Gasteiger partial charge in [-0.05, 0) is 38.0 Å². The molecule has 0 saturated carbocycles. The van der Waals surface area contributed by atoms with Crippen molar-refractivity contribution < 1.29 is 19.4 Å². The van der Waals surface area contributed by atoms with Crippen molar-refractivity contribution in [1.29, 1.82) is 0 Å². The number of rotatable bonds is 3. The predicted octanol–water partition coefficient (Wildman–Crippen LogP) is 3.79. The van der Waals surface area contributed by atoms with Crippen LogP contribution in [-0.4, -0.2) is 24.3 Å². The average molecular weight is 313 g/mol. The summed E-state index contributed by atoms with van der Waals surface area (Å²) >= 11 is 6.27. The third-order valence-electron chi connectivity index (χ3n) is 3.52. The fraction of sp³-hybridized carbons (Fsp3) is 0.562. The van der Waals surface area contributed by atoms with Gasteiger partial charge >= 0.3 is 5.97 Å². The van der Waals surface area contributed by atoms with E-state index in [1.807, 2.05) is 6.07 Å². The summed E-state index contributed by atoms with van der Waals surface area (Å²) < 4.78 is 11.6. The summed E-state index contributed by atoms with van der Waals surface area (Å²) in [5.74, 6) is 0.287. The van der Waals surface area contributed by atoms with Crippen molar-refractivity contribution in [2.75, 3.05) is 13.2 Å². The van der Waals surface area contributed by atoms with E-state index in [1.54, 1.807) is 19.9 Å². The summed E-state index contributed by atoms with van der Waals surface area (Å²) in [5.41, 5.74) is -0.125. The van der Waals surface area contributed by atoms with Gasteiger partial charge in [0.25, 0.3) is 0 Å². The maximum Gasteiger partial charge on any atom is 0.309 e. The monoisotopic (exact) mass is 312 g/mol. The molecule has 1 aliphatic rings. The fourth-order valence-corrected chi connectivity index (χ4v) is 2.43. The fourth-order valence-electron chi connectivity index (χ4n) is 2.14. The molecule has 0 fully saturated rings. The number of fused-ring (bicyclic) bond motifs is 1. The van der Waals surface area contributed by atoms with E-state index in [1.165, 1.54) is 0 Å². The minimum absolute atomic E-state index is 0.0944. The second-order valence-electron chi connectivity index (χ2n) is 7.01. The van der Waals surface area contributed by atoms with Gasteiger partial charge in [-0.15, -0.1) is 0 Å². The Morgan fingerprint density at radius 3 is 2.57 bits per heavy atom. The largest absolute Gasteiger partial charge is 0.489 e. The molecule has 21 heavy (non-hydrogen) atoms. The molecule has 0 spiro atoms. The summed E-state index contributed by atoms with van der Waals surface area (Å²) in [6.07, 6.45) is 0.377. The summed E-state index contributed by atoms with van der Waals surface area (Å²) in [5, 5.41) is 9.69. The van der Waals surface area contributed by atoms with E-state index in [2.05, 4.69) is 13.8 Å². The van der Waals surface area contributed by atoms with Crippen LogP contribution in [0.5, 0.6) is 11.5 Å². The van der Waals surface area contributed by atoms with Gasteiger partial charge < -0.3 is 14.6 Å². The van der Waals surface area contributed by atoms with Gasteiger partial charge in [0, 0.05) is 5.41 Å². The van der Waals surface area contributed by atoms with E-state index in [9.17, 15) is 9.90 Å². The standard InChI is InChI=1S/C16H21ClO4/c1-15(2)8-20-12-6-10(7-16(3,4)14(18)19)5-11(17)13(12)21-9-15/h5-6H,7-9H2,1-4H3,(H,18,19). The smallest absolute Gasteiger partial charge is 0.309 e. The lowest BCUT2D eigenvalue weighted by molar-refractivity contribution is -0.146. The topological polar surface area (TPSA) is 55.8 Å². The molecule has 1 aliphatic heterocycles. The molecule has 1 aromatic carbocycles. The molecule has 2 rings (SSSR count). The Labute approximate surface area is 130 Å². The second kappa shape index (κ2) is 5.41.